The lowest BCUT2D eigenvalue weighted by molar-refractivity contribution is -0.120. The molecule has 0 bridgehead atoms. The number of ether oxygens (including phenoxy) is 2. The number of piperazine rings is 1. The molecule has 0 spiro atoms. The van der Waals surface area contributed by atoms with Crippen LogP contribution in [0.3, 0.4) is 0 Å². The minimum atomic E-state index is -3.91. The average Bonchev–Trinajstić information content (AvgIpc) is 3.10. The normalized spacial score (nSPS) is 20.4. The lowest BCUT2D eigenvalue weighted by Crippen LogP contribution is -2.58. The van der Waals surface area contributed by atoms with Gasteiger partial charge < -0.3 is 20.5 Å². The predicted molar refractivity (Wildman–Crippen MR) is 177 cm³/mol. The smallest absolute Gasteiger partial charge is 0.420 e. The molecule has 14 heteroatoms. The Morgan fingerprint density at radius 2 is 1.71 bits per heavy atom. The first-order chi connectivity index (χ1) is 23.4. The molecule has 264 valence electrons. The maximum atomic E-state index is 15.7. The lowest BCUT2D eigenvalue weighted by Gasteiger charge is -2.40. The Morgan fingerprint density at radius 1 is 1.00 bits per heavy atom. The predicted octanol–water partition coefficient (Wildman–Crippen LogP) is 4.72. The van der Waals surface area contributed by atoms with Crippen molar-refractivity contribution in [1.82, 2.24) is 9.62 Å². The molecule has 0 radical (unpaired) electrons. The molecule has 3 aromatic carbocycles. The van der Waals surface area contributed by atoms with Crippen LogP contribution < -0.4 is 16.0 Å². The van der Waals surface area contributed by atoms with Crippen molar-refractivity contribution in [3.05, 3.63) is 95.3 Å². The Hall–Kier alpha value is -3.82. The highest BCUT2D eigenvalue weighted by molar-refractivity contribution is 7.89. The molecule has 2 amide bonds. The molecule has 10 nitrogen and oxygen atoms in total. The van der Waals surface area contributed by atoms with Crippen LogP contribution in [-0.4, -0.2) is 76.3 Å². The number of benzene rings is 3. The zero-order valence-corrected chi connectivity index (χ0v) is 28.2. The summed E-state index contributed by atoms with van der Waals surface area (Å²) in [4.78, 5) is 28.4. The topological polar surface area (TPSA) is 131 Å². The van der Waals surface area contributed by atoms with Gasteiger partial charge in [0.15, 0.2) is 11.6 Å². The van der Waals surface area contributed by atoms with Crippen LogP contribution in [0.2, 0.25) is 0 Å². The molecule has 2 saturated heterocycles. The number of hydrogen-bond acceptors (Lipinski definition) is 8. The van der Waals surface area contributed by atoms with Crippen molar-refractivity contribution in [2.45, 2.75) is 61.5 Å². The standard InChI is InChI=1S/C35H41F3N4O6S/c1-22-20-40-21-25(42(22)49(45,46)26-7-4-3-5-8-26)12-13-27-28(36)9-6-10-31(27)41(35(44)47-2)34(43)33(39)32(23-15-17-48-18-16-23)24-11-14-29(37)30(38)19-24/h3-11,14,19,22-23,25,32-33,40H,12-13,15-18,20-21,39H2,1-2H3/t22-,25-,32+,33-/m0/s1. The number of methoxy groups -OCH3 is 1. The summed E-state index contributed by atoms with van der Waals surface area (Å²) >= 11 is 0. The van der Waals surface area contributed by atoms with Crippen molar-refractivity contribution in [3.63, 3.8) is 0 Å². The third-order valence-corrected chi connectivity index (χ3v) is 11.4. The number of imide groups is 1. The van der Waals surface area contributed by atoms with Crippen LogP contribution in [0.5, 0.6) is 0 Å². The maximum Gasteiger partial charge on any atom is 0.420 e. The highest BCUT2D eigenvalue weighted by Crippen LogP contribution is 2.37. The van der Waals surface area contributed by atoms with Crippen molar-refractivity contribution in [3.8, 4) is 0 Å². The van der Waals surface area contributed by atoms with Gasteiger partial charge in [0.2, 0.25) is 10.0 Å². The van der Waals surface area contributed by atoms with E-state index in [1.54, 1.807) is 25.1 Å². The molecule has 2 fully saturated rings. The summed E-state index contributed by atoms with van der Waals surface area (Å²) in [6.45, 7) is 3.24. The quantitative estimate of drug-likeness (QED) is 0.311. The molecule has 0 unspecified atom stereocenters. The summed E-state index contributed by atoms with van der Waals surface area (Å²) in [5.74, 6) is -4.94. The van der Waals surface area contributed by atoms with Crippen LogP contribution in [0.4, 0.5) is 23.7 Å². The summed E-state index contributed by atoms with van der Waals surface area (Å²) in [5.41, 5.74) is 6.77. The SMILES string of the molecule is COC(=O)N(C(=O)[C@@H](N)[C@@H](c1ccc(F)c(F)c1)C1CCOCC1)c1cccc(F)c1CC[C@H]1CNC[C@H](C)N1S(=O)(=O)c1ccccc1. The second-order valence-corrected chi connectivity index (χ2v) is 14.2. The molecule has 2 aliphatic rings. The van der Waals surface area contributed by atoms with Gasteiger partial charge in [0.25, 0.3) is 5.91 Å². The van der Waals surface area contributed by atoms with Gasteiger partial charge in [0.05, 0.1) is 23.7 Å². The van der Waals surface area contributed by atoms with Gasteiger partial charge in [0, 0.05) is 49.9 Å². The fraction of sp³-hybridized carbons (Fsp3) is 0.429. The molecule has 0 aromatic heterocycles. The third kappa shape index (κ3) is 7.83. The van der Waals surface area contributed by atoms with Crippen LogP contribution in [0.25, 0.3) is 0 Å². The summed E-state index contributed by atoms with van der Waals surface area (Å²) in [5, 5.41) is 3.24. The largest absolute Gasteiger partial charge is 0.452 e. The summed E-state index contributed by atoms with van der Waals surface area (Å²) in [7, 11) is -2.84. The van der Waals surface area contributed by atoms with Crippen molar-refractivity contribution >= 4 is 27.7 Å². The van der Waals surface area contributed by atoms with Gasteiger partial charge in [-0.2, -0.15) is 4.31 Å². The minimum absolute atomic E-state index is 0.0146. The van der Waals surface area contributed by atoms with Gasteiger partial charge >= 0.3 is 6.09 Å². The van der Waals surface area contributed by atoms with E-state index in [1.165, 1.54) is 40.7 Å². The molecule has 2 aliphatic heterocycles. The fourth-order valence-corrected chi connectivity index (χ4v) is 8.82. The molecule has 3 N–H and O–H groups in total. The first-order valence-electron chi connectivity index (χ1n) is 16.2. The van der Waals surface area contributed by atoms with Gasteiger partial charge in [-0.3, -0.25) is 4.79 Å². The average molecular weight is 703 g/mol. The molecule has 2 heterocycles. The number of carbonyl (C=O) groups excluding carboxylic acids is 2. The van der Waals surface area contributed by atoms with Gasteiger partial charge in [-0.15, -0.1) is 0 Å². The molecule has 3 aromatic rings. The Balaban J connectivity index is 1.48. The number of nitrogens with one attached hydrogen (secondary N) is 1. The van der Waals surface area contributed by atoms with E-state index in [0.717, 1.165) is 19.2 Å². The van der Waals surface area contributed by atoms with Crippen molar-refractivity contribution in [2.24, 2.45) is 11.7 Å². The number of anilines is 1. The fourth-order valence-electron chi connectivity index (χ4n) is 6.96. The van der Waals surface area contributed by atoms with E-state index in [0.29, 0.717) is 44.0 Å². The zero-order chi connectivity index (χ0) is 35.3. The number of nitrogens with two attached hydrogens (primary N) is 1. The van der Waals surface area contributed by atoms with Gasteiger partial charge in [-0.25, -0.2) is 31.3 Å². The maximum absolute atomic E-state index is 15.7. The second kappa shape index (κ2) is 15.8. The number of rotatable bonds is 10. The van der Waals surface area contributed by atoms with Crippen LogP contribution in [0, 0.1) is 23.4 Å². The summed E-state index contributed by atoms with van der Waals surface area (Å²) in [6.07, 6.45) is -0.0739. The zero-order valence-electron chi connectivity index (χ0n) is 27.4. The van der Waals surface area contributed by atoms with E-state index in [4.69, 9.17) is 15.2 Å². The van der Waals surface area contributed by atoms with Crippen LogP contribution in [0.15, 0.2) is 71.6 Å². The van der Waals surface area contributed by atoms with Crippen LogP contribution in [-0.2, 0) is 30.7 Å². The van der Waals surface area contributed by atoms with Gasteiger partial charge in [0.1, 0.15) is 5.82 Å². The van der Waals surface area contributed by atoms with Crippen molar-refractivity contribution in [2.75, 3.05) is 38.3 Å². The van der Waals surface area contributed by atoms with Crippen LogP contribution in [0.1, 0.15) is 43.2 Å². The summed E-state index contributed by atoms with van der Waals surface area (Å²) < 4.78 is 83.4. The van der Waals surface area contributed by atoms with Crippen molar-refractivity contribution in [1.29, 1.82) is 0 Å². The molecule has 4 atom stereocenters. The Kier molecular flexibility index (Phi) is 11.8. The second-order valence-electron chi connectivity index (χ2n) is 12.4. The molecule has 0 aliphatic carbocycles. The number of amides is 2. The Morgan fingerprint density at radius 3 is 2.39 bits per heavy atom. The molecule has 5 rings (SSSR count). The molecular formula is C35H41F3N4O6S. The van der Waals surface area contributed by atoms with E-state index in [2.05, 4.69) is 5.32 Å². The third-order valence-electron chi connectivity index (χ3n) is 9.35. The molecular weight excluding hydrogens is 661 g/mol. The highest BCUT2D eigenvalue weighted by Gasteiger charge is 2.41. The molecule has 49 heavy (non-hydrogen) atoms. The minimum Gasteiger partial charge on any atom is -0.452 e. The molecule has 0 saturated carbocycles. The number of sulfonamides is 1. The first-order valence-corrected chi connectivity index (χ1v) is 17.7. The monoisotopic (exact) mass is 702 g/mol. The first kappa shape index (κ1) is 36.5. The number of halogens is 3. The van der Waals surface area contributed by atoms with E-state index in [9.17, 15) is 26.8 Å². The lowest BCUT2D eigenvalue weighted by atomic mass is 9.76. The van der Waals surface area contributed by atoms with E-state index in [1.807, 2.05) is 0 Å². The number of carbonyl (C=O) groups is 2. The van der Waals surface area contributed by atoms with Crippen LogP contribution >= 0.6 is 0 Å². The Bertz CT molecular complexity index is 1740. The highest BCUT2D eigenvalue weighted by atomic mass is 32.2. The van der Waals surface area contributed by atoms with E-state index in [-0.39, 0.29) is 40.5 Å². The van der Waals surface area contributed by atoms with E-state index >= 15 is 4.39 Å². The van der Waals surface area contributed by atoms with E-state index < -0.39 is 63.5 Å². The number of hydrogen-bond donors (Lipinski definition) is 2. The Labute approximate surface area is 284 Å². The van der Waals surface area contributed by atoms with Crippen molar-refractivity contribution < 1.29 is 40.7 Å². The number of nitrogens with zero attached hydrogens (tertiary/aromatic N) is 2. The summed E-state index contributed by atoms with van der Waals surface area (Å²) in [6, 6.07) is 12.8. The van der Waals surface area contributed by atoms with Gasteiger partial charge in [-0.1, -0.05) is 30.3 Å². The van der Waals surface area contributed by atoms with Gasteiger partial charge in [-0.05, 0) is 80.5 Å².